The number of nitrogens with one attached hydrogen (secondary N) is 2. The van der Waals surface area contributed by atoms with Gasteiger partial charge in [0.05, 0.1) is 35.1 Å². The van der Waals surface area contributed by atoms with E-state index in [1.807, 2.05) is 0 Å². The Morgan fingerprint density at radius 2 is 1.81 bits per heavy atom. The first-order valence-corrected chi connectivity index (χ1v) is 11.2. The molecule has 0 aliphatic carbocycles. The summed E-state index contributed by atoms with van der Waals surface area (Å²) in [6.07, 6.45) is -4.49. The SMILES string of the molecule is CC(C)(C)OC(=O)CNC(=O)C1=C(O)c2ccc(F)c3c2N(C1)C(c1ccc(C(F)(F)F)cc1)CN3. The van der Waals surface area contributed by atoms with Crippen molar-refractivity contribution in [2.24, 2.45) is 0 Å². The van der Waals surface area contributed by atoms with Gasteiger partial charge < -0.3 is 25.4 Å². The summed E-state index contributed by atoms with van der Waals surface area (Å²) in [5.74, 6) is -2.34. The molecule has 1 amide bonds. The van der Waals surface area contributed by atoms with Crippen LogP contribution in [0.1, 0.15) is 43.5 Å². The van der Waals surface area contributed by atoms with Gasteiger partial charge in [0.25, 0.3) is 5.91 Å². The number of esters is 1. The number of amides is 1. The molecule has 2 aliphatic rings. The fourth-order valence-electron chi connectivity index (χ4n) is 4.29. The minimum Gasteiger partial charge on any atom is -0.507 e. The summed E-state index contributed by atoms with van der Waals surface area (Å²) in [7, 11) is 0. The van der Waals surface area contributed by atoms with Crippen LogP contribution in [0.2, 0.25) is 0 Å². The van der Waals surface area contributed by atoms with E-state index in [2.05, 4.69) is 10.6 Å². The average molecular weight is 507 g/mol. The molecule has 0 bridgehead atoms. The molecule has 1 unspecified atom stereocenters. The average Bonchev–Trinajstić information content (AvgIpc) is 2.79. The number of benzene rings is 2. The largest absolute Gasteiger partial charge is 0.507 e. The summed E-state index contributed by atoms with van der Waals surface area (Å²) in [6, 6.07) is 6.50. The number of halogens is 4. The number of anilines is 2. The standard InChI is InChI=1S/C25H25F4N3O4/c1-24(2,3)36-19(33)11-31-23(35)16-12-32-18(13-4-6-14(7-5-13)25(27,28)29)10-30-20-17(26)9-8-15(21(20)32)22(16)34/h4-9,18,30,34H,10-12H2,1-3H3,(H,31,35). The predicted molar refractivity (Wildman–Crippen MR) is 125 cm³/mol. The summed E-state index contributed by atoms with van der Waals surface area (Å²) in [4.78, 5) is 26.6. The number of carbonyl (C=O) groups excluding carboxylic acids is 2. The Morgan fingerprint density at radius 1 is 1.14 bits per heavy atom. The summed E-state index contributed by atoms with van der Waals surface area (Å²) in [5.41, 5.74) is -0.510. The molecular weight excluding hydrogens is 482 g/mol. The molecule has 0 spiro atoms. The van der Waals surface area contributed by atoms with Gasteiger partial charge in [-0.2, -0.15) is 13.2 Å². The Morgan fingerprint density at radius 3 is 2.42 bits per heavy atom. The molecule has 192 valence electrons. The van der Waals surface area contributed by atoms with Crippen molar-refractivity contribution < 1.29 is 37.0 Å². The molecule has 2 aliphatic heterocycles. The van der Waals surface area contributed by atoms with Crippen LogP contribution in [0.15, 0.2) is 42.0 Å². The fraction of sp³-hybridized carbons (Fsp3) is 0.360. The molecule has 2 heterocycles. The Balaban J connectivity index is 1.66. The topological polar surface area (TPSA) is 90.9 Å². The normalized spacial score (nSPS) is 17.3. The van der Waals surface area contributed by atoms with Crippen LogP contribution in [-0.2, 0) is 20.5 Å². The number of rotatable bonds is 4. The lowest BCUT2D eigenvalue weighted by atomic mass is 9.92. The van der Waals surface area contributed by atoms with Gasteiger partial charge in [-0.25, -0.2) is 4.39 Å². The van der Waals surface area contributed by atoms with Gasteiger partial charge in [-0.05, 0) is 50.6 Å². The lowest BCUT2D eigenvalue weighted by Gasteiger charge is -2.43. The Bertz CT molecular complexity index is 1230. The number of alkyl halides is 3. The van der Waals surface area contributed by atoms with E-state index in [0.717, 1.165) is 18.2 Å². The lowest BCUT2D eigenvalue weighted by Crippen LogP contribution is -2.45. The maximum Gasteiger partial charge on any atom is 0.416 e. The molecule has 36 heavy (non-hydrogen) atoms. The van der Waals surface area contributed by atoms with E-state index >= 15 is 0 Å². The molecular formula is C25H25F4N3O4. The number of aliphatic hydroxyl groups is 1. The van der Waals surface area contributed by atoms with E-state index in [1.54, 1.807) is 25.7 Å². The van der Waals surface area contributed by atoms with Crippen molar-refractivity contribution in [1.82, 2.24) is 5.32 Å². The summed E-state index contributed by atoms with van der Waals surface area (Å²) in [6.45, 7) is 4.60. The second-order valence-electron chi connectivity index (χ2n) is 9.56. The monoisotopic (exact) mass is 507 g/mol. The third-order valence-corrected chi connectivity index (χ3v) is 5.84. The minimum atomic E-state index is -4.49. The number of carbonyl (C=O) groups is 2. The van der Waals surface area contributed by atoms with E-state index in [4.69, 9.17) is 4.74 Å². The second kappa shape index (κ2) is 9.03. The zero-order valence-corrected chi connectivity index (χ0v) is 19.8. The molecule has 0 saturated carbocycles. The van der Waals surface area contributed by atoms with Gasteiger partial charge in [0.15, 0.2) is 0 Å². The smallest absolute Gasteiger partial charge is 0.416 e. The summed E-state index contributed by atoms with van der Waals surface area (Å²) >= 11 is 0. The molecule has 7 nitrogen and oxygen atoms in total. The molecule has 0 fully saturated rings. The molecule has 4 rings (SSSR count). The lowest BCUT2D eigenvalue weighted by molar-refractivity contribution is -0.154. The molecule has 0 radical (unpaired) electrons. The van der Waals surface area contributed by atoms with Crippen LogP contribution in [0.3, 0.4) is 0 Å². The summed E-state index contributed by atoms with van der Waals surface area (Å²) < 4.78 is 58.9. The highest BCUT2D eigenvalue weighted by molar-refractivity contribution is 6.05. The van der Waals surface area contributed by atoms with E-state index in [-0.39, 0.29) is 35.7 Å². The second-order valence-corrected chi connectivity index (χ2v) is 9.56. The third-order valence-electron chi connectivity index (χ3n) is 5.84. The maximum atomic E-state index is 14.6. The molecule has 11 heteroatoms. The van der Waals surface area contributed by atoms with Gasteiger partial charge >= 0.3 is 12.1 Å². The zero-order chi connectivity index (χ0) is 26.4. The van der Waals surface area contributed by atoms with Gasteiger partial charge in [-0.1, -0.05) is 12.1 Å². The Kier molecular flexibility index (Phi) is 6.36. The van der Waals surface area contributed by atoms with Gasteiger partial charge in [-0.3, -0.25) is 9.59 Å². The van der Waals surface area contributed by atoms with Crippen molar-refractivity contribution in [1.29, 1.82) is 0 Å². The highest BCUT2D eigenvalue weighted by atomic mass is 19.4. The van der Waals surface area contributed by atoms with Crippen molar-refractivity contribution in [3.05, 3.63) is 64.5 Å². The quantitative estimate of drug-likeness (QED) is 0.415. The van der Waals surface area contributed by atoms with Crippen LogP contribution < -0.4 is 15.5 Å². The van der Waals surface area contributed by atoms with Crippen LogP contribution in [0.25, 0.3) is 5.76 Å². The molecule has 2 aromatic carbocycles. The van der Waals surface area contributed by atoms with Gasteiger partial charge in [0.2, 0.25) is 0 Å². The van der Waals surface area contributed by atoms with Crippen molar-refractivity contribution in [2.75, 3.05) is 29.9 Å². The van der Waals surface area contributed by atoms with Crippen molar-refractivity contribution in [3.8, 4) is 0 Å². The van der Waals surface area contributed by atoms with E-state index in [0.29, 0.717) is 11.3 Å². The number of hydrogen-bond donors (Lipinski definition) is 3. The first-order valence-electron chi connectivity index (χ1n) is 11.2. The van der Waals surface area contributed by atoms with Gasteiger partial charge in [-0.15, -0.1) is 0 Å². The Hall–Kier alpha value is -3.76. The molecule has 0 aromatic heterocycles. The van der Waals surface area contributed by atoms with E-state index < -0.39 is 47.6 Å². The Labute approximate surface area is 204 Å². The molecule has 0 saturated heterocycles. The fourth-order valence-corrected chi connectivity index (χ4v) is 4.29. The van der Waals surface area contributed by atoms with Crippen LogP contribution >= 0.6 is 0 Å². The number of nitrogens with zero attached hydrogens (tertiary/aromatic N) is 1. The number of aliphatic hydroxyl groups excluding tert-OH is 1. The van der Waals surface area contributed by atoms with Gasteiger partial charge in [0, 0.05) is 12.1 Å². The van der Waals surface area contributed by atoms with Gasteiger partial charge in [0.1, 0.15) is 23.7 Å². The zero-order valence-electron chi connectivity index (χ0n) is 19.8. The molecule has 1 atom stereocenters. The maximum absolute atomic E-state index is 14.6. The van der Waals surface area contributed by atoms with Crippen LogP contribution in [0, 0.1) is 5.82 Å². The first kappa shape index (κ1) is 25.3. The summed E-state index contributed by atoms with van der Waals surface area (Å²) in [5, 5.41) is 16.3. The number of ether oxygens (including phenoxy) is 1. The van der Waals surface area contributed by atoms with E-state index in [1.165, 1.54) is 18.2 Å². The van der Waals surface area contributed by atoms with Crippen molar-refractivity contribution in [2.45, 2.75) is 38.6 Å². The van der Waals surface area contributed by atoms with E-state index in [9.17, 15) is 32.3 Å². The highest BCUT2D eigenvalue weighted by Crippen LogP contribution is 2.47. The van der Waals surface area contributed by atoms with Crippen LogP contribution in [-0.4, -0.2) is 42.2 Å². The number of hydrogen-bond acceptors (Lipinski definition) is 6. The predicted octanol–water partition coefficient (Wildman–Crippen LogP) is 4.56. The highest BCUT2D eigenvalue weighted by Gasteiger charge is 2.39. The third kappa shape index (κ3) is 4.95. The first-order chi connectivity index (χ1) is 16.8. The molecule has 3 N–H and O–H groups in total. The van der Waals surface area contributed by atoms with Crippen LogP contribution in [0.4, 0.5) is 28.9 Å². The minimum absolute atomic E-state index is 0.0672. The van der Waals surface area contributed by atoms with Crippen LogP contribution in [0.5, 0.6) is 0 Å². The van der Waals surface area contributed by atoms with Crippen molar-refractivity contribution in [3.63, 3.8) is 0 Å². The van der Waals surface area contributed by atoms with Crippen molar-refractivity contribution >= 4 is 29.0 Å². The molecule has 2 aromatic rings.